The van der Waals surface area contributed by atoms with Gasteiger partial charge in [-0.25, -0.2) is 9.97 Å². The molecular weight excluding hydrogens is 261 g/mol. The van der Waals surface area contributed by atoms with Crippen LogP contribution in [0.25, 0.3) is 5.65 Å². The van der Waals surface area contributed by atoms with Crippen LogP contribution in [0, 0.1) is 0 Å². The third-order valence-corrected chi connectivity index (χ3v) is 2.96. The molecule has 0 spiro atoms. The normalized spacial score (nSPS) is 17.1. The highest BCUT2D eigenvalue weighted by Crippen LogP contribution is 2.30. The summed E-state index contributed by atoms with van der Waals surface area (Å²) in [6.07, 6.45) is -0.545. The molecular formula is C11H11F3N4O. The van der Waals surface area contributed by atoms with Gasteiger partial charge in [0, 0.05) is 31.7 Å². The highest BCUT2D eigenvalue weighted by atomic mass is 19.4. The maximum Gasteiger partial charge on any atom is 0.434 e. The van der Waals surface area contributed by atoms with E-state index in [1.807, 2.05) is 4.90 Å². The van der Waals surface area contributed by atoms with E-state index in [1.165, 1.54) is 16.8 Å². The number of hydrogen-bond acceptors (Lipinski definition) is 4. The van der Waals surface area contributed by atoms with E-state index in [2.05, 4.69) is 9.97 Å². The number of nitrogens with zero attached hydrogens (tertiary/aromatic N) is 4. The van der Waals surface area contributed by atoms with Gasteiger partial charge < -0.3 is 14.0 Å². The Morgan fingerprint density at radius 2 is 1.95 bits per heavy atom. The Morgan fingerprint density at radius 1 is 1.21 bits per heavy atom. The Bertz CT molecular complexity index is 589. The van der Waals surface area contributed by atoms with Crippen molar-refractivity contribution in [1.82, 2.24) is 14.4 Å². The van der Waals surface area contributed by atoms with Crippen molar-refractivity contribution < 1.29 is 17.9 Å². The Labute approximate surface area is 106 Å². The first kappa shape index (κ1) is 12.2. The molecule has 0 aromatic carbocycles. The van der Waals surface area contributed by atoms with Crippen LogP contribution in [0.15, 0.2) is 18.6 Å². The summed E-state index contributed by atoms with van der Waals surface area (Å²) in [5.74, 6) is 0.460. The van der Waals surface area contributed by atoms with Crippen LogP contribution in [0.2, 0.25) is 0 Å². The lowest BCUT2D eigenvalue weighted by atomic mass is 10.4. The minimum atomic E-state index is -4.45. The lowest BCUT2D eigenvalue weighted by Gasteiger charge is -2.27. The smallest absolute Gasteiger partial charge is 0.378 e. The van der Waals surface area contributed by atoms with Crippen LogP contribution in [0.4, 0.5) is 19.0 Å². The predicted molar refractivity (Wildman–Crippen MR) is 61.0 cm³/mol. The van der Waals surface area contributed by atoms with Crippen molar-refractivity contribution in [3.05, 3.63) is 24.3 Å². The second-order valence-corrected chi connectivity index (χ2v) is 4.21. The summed E-state index contributed by atoms with van der Waals surface area (Å²) in [7, 11) is 0. The number of rotatable bonds is 1. The van der Waals surface area contributed by atoms with Crippen molar-refractivity contribution in [2.45, 2.75) is 6.18 Å². The van der Waals surface area contributed by atoms with Gasteiger partial charge in [0.1, 0.15) is 0 Å². The van der Waals surface area contributed by atoms with E-state index in [-0.39, 0.29) is 5.65 Å². The number of imidazole rings is 1. The maximum atomic E-state index is 12.7. The topological polar surface area (TPSA) is 42.7 Å². The fourth-order valence-corrected chi connectivity index (χ4v) is 2.04. The number of morpholine rings is 1. The van der Waals surface area contributed by atoms with Crippen molar-refractivity contribution in [3.63, 3.8) is 0 Å². The Morgan fingerprint density at radius 3 is 2.63 bits per heavy atom. The minimum absolute atomic E-state index is 0.219. The molecule has 0 unspecified atom stereocenters. The number of ether oxygens (including phenoxy) is 1. The number of alkyl halides is 3. The summed E-state index contributed by atoms with van der Waals surface area (Å²) in [5, 5.41) is 0. The van der Waals surface area contributed by atoms with Crippen LogP contribution in [0.3, 0.4) is 0 Å². The molecule has 3 rings (SSSR count). The summed E-state index contributed by atoms with van der Waals surface area (Å²) in [6.45, 7) is 2.27. The lowest BCUT2D eigenvalue weighted by molar-refractivity contribution is -0.140. The number of anilines is 1. The van der Waals surface area contributed by atoms with Gasteiger partial charge in [-0.1, -0.05) is 0 Å². The van der Waals surface area contributed by atoms with Gasteiger partial charge in [0.2, 0.25) is 0 Å². The van der Waals surface area contributed by atoms with Crippen LogP contribution in [-0.4, -0.2) is 40.7 Å². The van der Waals surface area contributed by atoms with Crippen molar-refractivity contribution in [3.8, 4) is 0 Å². The van der Waals surface area contributed by atoms with Gasteiger partial charge >= 0.3 is 6.18 Å². The van der Waals surface area contributed by atoms with Gasteiger partial charge in [0.15, 0.2) is 17.2 Å². The number of halogens is 3. The van der Waals surface area contributed by atoms with Gasteiger partial charge in [-0.2, -0.15) is 13.2 Å². The third kappa shape index (κ3) is 2.23. The van der Waals surface area contributed by atoms with E-state index in [0.717, 1.165) is 6.20 Å². The molecule has 0 atom stereocenters. The highest BCUT2D eigenvalue weighted by Gasteiger charge is 2.34. The molecule has 2 aromatic heterocycles. The zero-order valence-electron chi connectivity index (χ0n) is 9.89. The van der Waals surface area contributed by atoms with E-state index in [9.17, 15) is 13.2 Å². The summed E-state index contributed by atoms with van der Waals surface area (Å²) in [6, 6.07) is 0. The number of fused-ring (bicyclic) bond motifs is 1. The molecule has 5 nitrogen and oxygen atoms in total. The third-order valence-electron chi connectivity index (χ3n) is 2.96. The van der Waals surface area contributed by atoms with E-state index in [1.54, 1.807) is 0 Å². The highest BCUT2D eigenvalue weighted by molar-refractivity contribution is 5.64. The average molecular weight is 272 g/mol. The summed E-state index contributed by atoms with van der Waals surface area (Å²) >= 11 is 0. The molecule has 0 amide bonds. The first-order valence-corrected chi connectivity index (χ1v) is 5.79. The monoisotopic (exact) mass is 272 g/mol. The quantitative estimate of drug-likeness (QED) is 0.790. The summed E-state index contributed by atoms with van der Waals surface area (Å²) in [5.41, 5.74) is -0.688. The molecule has 19 heavy (non-hydrogen) atoms. The number of hydrogen-bond donors (Lipinski definition) is 0. The largest absolute Gasteiger partial charge is 0.434 e. The van der Waals surface area contributed by atoms with Crippen LogP contribution in [0.1, 0.15) is 5.69 Å². The standard InChI is InChI=1S/C11H11F3N4O/c12-11(13,14)8-7-18-2-1-15-9(10(18)16-8)17-3-5-19-6-4-17/h1-2,7H,3-6H2. The van der Waals surface area contributed by atoms with Gasteiger partial charge in [0.05, 0.1) is 13.2 Å². The molecule has 1 aliphatic rings. The van der Waals surface area contributed by atoms with Crippen LogP contribution in [0.5, 0.6) is 0 Å². The number of aromatic nitrogens is 3. The first-order valence-electron chi connectivity index (χ1n) is 5.79. The molecule has 1 saturated heterocycles. The maximum absolute atomic E-state index is 12.7. The molecule has 0 aliphatic carbocycles. The molecule has 1 aliphatic heterocycles. The molecule has 0 radical (unpaired) electrons. The fraction of sp³-hybridized carbons (Fsp3) is 0.455. The van der Waals surface area contributed by atoms with E-state index >= 15 is 0 Å². The Hall–Kier alpha value is -1.83. The molecule has 2 aromatic rings. The Balaban J connectivity index is 2.07. The van der Waals surface area contributed by atoms with Gasteiger partial charge in [-0.15, -0.1) is 0 Å². The predicted octanol–water partition coefficient (Wildman–Crippen LogP) is 1.58. The Kier molecular flexibility index (Phi) is 2.81. The van der Waals surface area contributed by atoms with Crippen LogP contribution < -0.4 is 4.90 Å². The fourth-order valence-electron chi connectivity index (χ4n) is 2.04. The van der Waals surface area contributed by atoms with Crippen molar-refractivity contribution in [1.29, 1.82) is 0 Å². The summed E-state index contributed by atoms with van der Waals surface area (Å²) in [4.78, 5) is 9.68. The first-order chi connectivity index (χ1) is 9.05. The van der Waals surface area contributed by atoms with Crippen molar-refractivity contribution in [2.75, 3.05) is 31.2 Å². The van der Waals surface area contributed by atoms with Crippen molar-refractivity contribution >= 4 is 11.5 Å². The molecule has 1 fully saturated rings. The van der Waals surface area contributed by atoms with Crippen LogP contribution >= 0.6 is 0 Å². The molecule has 0 saturated carbocycles. The molecule has 0 N–H and O–H groups in total. The SMILES string of the molecule is FC(F)(F)c1cn2ccnc(N3CCOCC3)c2n1. The van der Waals surface area contributed by atoms with E-state index in [0.29, 0.717) is 32.1 Å². The van der Waals surface area contributed by atoms with Gasteiger partial charge in [0.25, 0.3) is 0 Å². The van der Waals surface area contributed by atoms with Gasteiger partial charge in [-0.3, -0.25) is 0 Å². The molecule has 3 heterocycles. The lowest BCUT2D eigenvalue weighted by Crippen LogP contribution is -2.37. The van der Waals surface area contributed by atoms with E-state index in [4.69, 9.17) is 4.74 Å². The minimum Gasteiger partial charge on any atom is -0.378 e. The molecule has 0 bridgehead atoms. The van der Waals surface area contributed by atoms with Gasteiger partial charge in [-0.05, 0) is 0 Å². The van der Waals surface area contributed by atoms with Crippen molar-refractivity contribution in [2.24, 2.45) is 0 Å². The zero-order valence-corrected chi connectivity index (χ0v) is 9.89. The van der Waals surface area contributed by atoms with E-state index < -0.39 is 11.9 Å². The van der Waals surface area contributed by atoms with Crippen LogP contribution in [-0.2, 0) is 10.9 Å². The molecule has 102 valence electrons. The second-order valence-electron chi connectivity index (χ2n) is 4.21. The average Bonchev–Trinajstić information content (AvgIpc) is 2.83. The second kappa shape index (κ2) is 4.37. The zero-order chi connectivity index (χ0) is 13.5. The summed E-state index contributed by atoms with van der Waals surface area (Å²) < 4.78 is 44.6. The molecule has 8 heteroatoms.